The van der Waals surface area contributed by atoms with Gasteiger partial charge in [0.15, 0.2) is 0 Å². The van der Waals surface area contributed by atoms with Crippen LogP contribution in [0.15, 0.2) is 60.9 Å². The third kappa shape index (κ3) is 4.06. The highest BCUT2D eigenvalue weighted by molar-refractivity contribution is 5.95. The van der Waals surface area contributed by atoms with Crippen LogP contribution in [0, 0.1) is 0 Å². The lowest BCUT2D eigenvalue weighted by Crippen LogP contribution is -2.59. The number of aromatic nitrogens is 2. The highest BCUT2D eigenvalue weighted by Gasteiger charge is 2.51. The summed E-state index contributed by atoms with van der Waals surface area (Å²) in [6.45, 7) is 4.91. The number of nitrogens with one attached hydrogen (secondary N) is 1. The molecule has 182 valence electrons. The Hall–Kier alpha value is -3.36. The number of likely N-dealkylation sites (tertiary alicyclic amines) is 1. The molecule has 4 heterocycles. The van der Waals surface area contributed by atoms with E-state index in [0.717, 1.165) is 67.3 Å². The fourth-order valence-electron chi connectivity index (χ4n) is 5.60. The molecule has 6 rings (SSSR count). The van der Waals surface area contributed by atoms with Gasteiger partial charge in [-0.3, -0.25) is 14.9 Å². The van der Waals surface area contributed by atoms with E-state index in [2.05, 4.69) is 38.2 Å². The van der Waals surface area contributed by atoms with Crippen molar-refractivity contribution < 1.29 is 14.3 Å². The van der Waals surface area contributed by atoms with Crippen molar-refractivity contribution in [2.24, 2.45) is 0 Å². The van der Waals surface area contributed by atoms with Crippen molar-refractivity contribution in [1.29, 1.82) is 0 Å². The Labute approximate surface area is 205 Å². The van der Waals surface area contributed by atoms with Crippen molar-refractivity contribution in [3.63, 3.8) is 0 Å². The fraction of sp³-hybridized carbons (Fsp3) is 0.407. The van der Waals surface area contributed by atoms with Crippen LogP contribution in [0.3, 0.4) is 0 Å². The second-order valence-electron chi connectivity index (χ2n) is 9.79. The number of carbonyl (C=O) groups excluding carboxylic acids is 1. The summed E-state index contributed by atoms with van der Waals surface area (Å²) in [5, 5.41) is 6.90. The number of methoxy groups -OCH3 is 1. The Balaban J connectivity index is 1.27. The van der Waals surface area contributed by atoms with Gasteiger partial charge < -0.3 is 14.4 Å². The fourth-order valence-corrected chi connectivity index (χ4v) is 5.60. The Morgan fingerprint density at radius 3 is 2.57 bits per heavy atom. The molecule has 0 aliphatic carbocycles. The van der Waals surface area contributed by atoms with Crippen molar-refractivity contribution in [3.05, 3.63) is 66.5 Å². The Kier molecular flexibility index (Phi) is 5.70. The van der Waals surface area contributed by atoms with Gasteiger partial charge in [-0.2, -0.15) is 5.10 Å². The quantitative estimate of drug-likeness (QED) is 0.590. The van der Waals surface area contributed by atoms with Crippen LogP contribution in [-0.2, 0) is 11.3 Å². The second-order valence-corrected chi connectivity index (χ2v) is 9.79. The first-order valence-corrected chi connectivity index (χ1v) is 12.3. The van der Waals surface area contributed by atoms with E-state index < -0.39 is 0 Å². The minimum atomic E-state index is -0.190. The molecule has 3 aliphatic heterocycles. The largest absolute Gasteiger partial charge is 0.497 e. The van der Waals surface area contributed by atoms with Crippen LogP contribution in [0.5, 0.6) is 5.75 Å². The highest BCUT2D eigenvalue weighted by atomic mass is 16.5. The van der Waals surface area contributed by atoms with Crippen molar-refractivity contribution in [2.45, 2.75) is 31.0 Å². The number of rotatable bonds is 6. The molecule has 8 nitrogen and oxygen atoms in total. The summed E-state index contributed by atoms with van der Waals surface area (Å²) in [5.41, 5.74) is 3.94. The van der Waals surface area contributed by atoms with Gasteiger partial charge in [0.1, 0.15) is 5.75 Å². The molecule has 1 aromatic heterocycles. The third-order valence-electron chi connectivity index (χ3n) is 7.84. The number of hydrogen-bond acceptors (Lipinski definition) is 5. The van der Waals surface area contributed by atoms with Crippen LogP contribution < -0.4 is 9.64 Å². The van der Waals surface area contributed by atoms with Crippen LogP contribution in [0.2, 0.25) is 0 Å². The second kappa shape index (κ2) is 9.02. The number of piperidine rings is 1. The van der Waals surface area contributed by atoms with E-state index in [9.17, 15) is 4.79 Å². The van der Waals surface area contributed by atoms with Gasteiger partial charge in [0.2, 0.25) is 0 Å². The maximum absolute atomic E-state index is 13.9. The molecule has 35 heavy (non-hydrogen) atoms. The van der Waals surface area contributed by atoms with Crippen LogP contribution in [-0.4, -0.2) is 77.6 Å². The summed E-state index contributed by atoms with van der Waals surface area (Å²) >= 11 is 0. The maximum atomic E-state index is 13.9. The van der Waals surface area contributed by atoms with Crippen molar-refractivity contribution >= 4 is 11.7 Å². The van der Waals surface area contributed by atoms with Crippen molar-refractivity contribution in [1.82, 2.24) is 20.0 Å². The Morgan fingerprint density at radius 2 is 1.91 bits per heavy atom. The van der Waals surface area contributed by atoms with Gasteiger partial charge in [0.25, 0.3) is 0 Å². The smallest absolute Gasteiger partial charge is 0.325 e. The zero-order valence-electron chi connectivity index (χ0n) is 20.0. The number of nitrogens with zero attached hydrogens (tertiary/aromatic N) is 4. The number of anilines is 1. The van der Waals surface area contributed by atoms with Crippen molar-refractivity contribution in [3.8, 4) is 16.9 Å². The van der Waals surface area contributed by atoms with Gasteiger partial charge >= 0.3 is 6.03 Å². The molecule has 0 bridgehead atoms. The van der Waals surface area contributed by atoms with E-state index >= 15 is 0 Å². The molecule has 3 aliphatic rings. The van der Waals surface area contributed by atoms with E-state index in [1.165, 1.54) is 0 Å². The summed E-state index contributed by atoms with van der Waals surface area (Å²) in [6.07, 6.45) is 5.61. The molecule has 0 saturated carbocycles. The first-order chi connectivity index (χ1) is 17.1. The zero-order valence-corrected chi connectivity index (χ0v) is 20.0. The van der Waals surface area contributed by atoms with Gasteiger partial charge in [-0.1, -0.05) is 24.3 Å². The van der Waals surface area contributed by atoms with Gasteiger partial charge in [-0.25, -0.2) is 4.79 Å². The molecule has 0 radical (unpaired) electrons. The normalized spacial score (nSPS) is 20.4. The van der Waals surface area contributed by atoms with Crippen LogP contribution >= 0.6 is 0 Å². The summed E-state index contributed by atoms with van der Waals surface area (Å²) in [4.78, 5) is 20.5. The van der Waals surface area contributed by atoms with E-state index in [1.807, 2.05) is 47.6 Å². The average molecular weight is 474 g/mol. The lowest BCUT2D eigenvalue weighted by atomic mass is 9.85. The van der Waals surface area contributed by atoms with Gasteiger partial charge in [0, 0.05) is 37.1 Å². The predicted octanol–water partition coefficient (Wildman–Crippen LogP) is 3.76. The third-order valence-corrected chi connectivity index (χ3v) is 7.84. The number of carbonyl (C=O) groups is 1. The molecular weight excluding hydrogens is 442 g/mol. The SMILES string of the molecule is COc1cccc(CN2C(=O)N(c3ccc(-c4cn[nH]c4)cc3)CC23CCN(C2COC2)CC3)c1. The van der Waals surface area contributed by atoms with Crippen LogP contribution in [0.4, 0.5) is 10.5 Å². The lowest BCUT2D eigenvalue weighted by molar-refractivity contribution is -0.0813. The highest BCUT2D eigenvalue weighted by Crippen LogP contribution is 2.40. The van der Waals surface area contributed by atoms with E-state index in [0.29, 0.717) is 19.1 Å². The molecule has 1 N–H and O–H groups in total. The van der Waals surface area contributed by atoms with Crippen LogP contribution in [0.25, 0.3) is 11.1 Å². The molecule has 2 amide bonds. The first-order valence-electron chi connectivity index (χ1n) is 12.3. The summed E-state index contributed by atoms with van der Waals surface area (Å²) < 4.78 is 10.9. The number of ether oxygens (including phenoxy) is 2. The number of benzene rings is 2. The molecule has 0 unspecified atom stereocenters. The molecular formula is C27H31N5O3. The first kappa shape index (κ1) is 22.1. The van der Waals surface area contributed by atoms with Gasteiger partial charge in [0.05, 0.1) is 44.6 Å². The standard InChI is InChI=1S/C27H31N5O3/c1-34-25-4-2-3-20(13-25)16-32-26(33)31(23-7-5-21(6-8-23)22-14-28-29-15-22)19-27(32)9-11-30(12-10-27)24-17-35-18-24/h2-8,13-15,24H,9-12,16-19H2,1H3,(H,28,29). The summed E-state index contributed by atoms with van der Waals surface area (Å²) in [6, 6.07) is 16.9. The van der Waals surface area contributed by atoms with Crippen LogP contribution in [0.1, 0.15) is 18.4 Å². The minimum absolute atomic E-state index is 0.0734. The molecule has 3 saturated heterocycles. The lowest BCUT2D eigenvalue weighted by Gasteiger charge is -2.47. The van der Waals surface area contributed by atoms with E-state index in [-0.39, 0.29) is 11.6 Å². The molecule has 2 aromatic carbocycles. The number of H-pyrrole nitrogens is 1. The number of amides is 2. The Bertz CT molecular complexity index is 1170. The monoisotopic (exact) mass is 473 g/mol. The maximum Gasteiger partial charge on any atom is 0.325 e. The number of hydrogen-bond donors (Lipinski definition) is 1. The zero-order chi connectivity index (χ0) is 23.8. The average Bonchev–Trinajstić information content (AvgIpc) is 3.49. The Morgan fingerprint density at radius 1 is 1.11 bits per heavy atom. The minimum Gasteiger partial charge on any atom is -0.497 e. The number of urea groups is 1. The number of aromatic amines is 1. The van der Waals surface area contributed by atoms with E-state index in [4.69, 9.17) is 9.47 Å². The van der Waals surface area contributed by atoms with E-state index in [1.54, 1.807) is 7.11 Å². The van der Waals surface area contributed by atoms with Gasteiger partial charge in [-0.15, -0.1) is 0 Å². The molecule has 0 atom stereocenters. The van der Waals surface area contributed by atoms with Gasteiger partial charge in [-0.05, 0) is 48.2 Å². The topological polar surface area (TPSA) is 73.9 Å². The van der Waals surface area contributed by atoms with Crippen molar-refractivity contribution in [2.75, 3.05) is 44.9 Å². The predicted molar refractivity (Wildman–Crippen MR) is 133 cm³/mol. The molecule has 8 heteroatoms. The summed E-state index contributed by atoms with van der Waals surface area (Å²) in [5.74, 6) is 0.815. The molecule has 3 fully saturated rings. The molecule has 1 spiro atoms. The summed E-state index contributed by atoms with van der Waals surface area (Å²) in [7, 11) is 1.68. The molecule has 3 aromatic rings.